The molecule has 0 spiro atoms. The van der Waals surface area contributed by atoms with E-state index < -0.39 is 10.9 Å². The maximum absolute atomic E-state index is 11.0. The molecule has 0 radical (unpaired) electrons. The smallest absolute Gasteiger partial charge is 0.337 e. The summed E-state index contributed by atoms with van der Waals surface area (Å²) in [6, 6.07) is 4.15. The van der Waals surface area contributed by atoms with Gasteiger partial charge in [-0.2, -0.15) is 0 Å². The average Bonchev–Trinajstić information content (AvgIpc) is 2.40. The highest BCUT2D eigenvalue weighted by atomic mass is 79.9. The lowest BCUT2D eigenvalue weighted by molar-refractivity contribution is -0.384. The predicted molar refractivity (Wildman–Crippen MR) is 80.3 cm³/mol. The highest BCUT2D eigenvalue weighted by Crippen LogP contribution is 2.34. The van der Waals surface area contributed by atoms with Crippen LogP contribution in [-0.2, 0) is 0 Å². The highest BCUT2D eigenvalue weighted by Gasteiger charge is 2.18. The lowest BCUT2D eigenvalue weighted by Gasteiger charge is -2.09. The van der Waals surface area contributed by atoms with Gasteiger partial charge in [-0.25, -0.2) is 4.79 Å². The van der Waals surface area contributed by atoms with Crippen molar-refractivity contribution in [3.8, 4) is 0 Å². The number of benzene rings is 1. The molecule has 0 unspecified atom stereocenters. The van der Waals surface area contributed by atoms with Gasteiger partial charge in [0.05, 0.1) is 20.0 Å². The van der Waals surface area contributed by atoms with Crippen LogP contribution >= 0.6 is 27.5 Å². The Kier molecular flexibility index (Phi) is 4.39. The minimum absolute atomic E-state index is 0.0281. The average molecular weight is 373 g/mol. The molecular weight excluding hydrogens is 366 g/mol. The molecule has 1 heterocycles. The van der Waals surface area contributed by atoms with Crippen molar-refractivity contribution >= 4 is 50.6 Å². The second-order valence-corrected chi connectivity index (χ2v) is 5.16. The third-order valence-corrected chi connectivity index (χ3v) is 3.46. The van der Waals surface area contributed by atoms with Crippen molar-refractivity contribution in [1.82, 2.24) is 4.98 Å². The molecule has 0 aliphatic rings. The Morgan fingerprint density at radius 3 is 2.71 bits per heavy atom. The fourth-order valence-corrected chi connectivity index (χ4v) is 2.28. The molecule has 0 aliphatic carbocycles. The number of nitrogens with one attached hydrogen (secondary N) is 1. The molecular formula is C12H7BrClN3O4. The topological polar surface area (TPSA) is 105 Å². The Morgan fingerprint density at radius 2 is 2.14 bits per heavy atom. The van der Waals surface area contributed by atoms with Gasteiger partial charge in [-0.05, 0) is 34.1 Å². The maximum Gasteiger partial charge on any atom is 0.337 e. The molecule has 1 aromatic carbocycles. The largest absolute Gasteiger partial charge is 0.478 e. The van der Waals surface area contributed by atoms with E-state index in [0.29, 0.717) is 10.2 Å². The number of carboxylic acids is 1. The minimum atomic E-state index is -1.15. The zero-order valence-electron chi connectivity index (χ0n) is 10.2. The highest BCUT2D eigenvalue weighted by molar-refractivity contribution is 9.10. The normalized spacial score (nSPS) is 10.2. The summed E-state index contributed by atoms with van der Waals surface area (Å²) in [5.41, 5.74) is 0.350. The number of hydrogen-bond acceptors (Lipinski definition) is 5. The number of aromatic nitrogens is 1. The molecule has 0 aliphatic heterocycles. The molecule has 0 fully saturated rings. The molecule has 21 heavy (non-hydrogen) atoms. The van der Waals surface area contributed by atoms with E-state index in [4.69, 9.17) is 16.7 Å². The quantitative estimate of drug-likeness (QED) is 0.624. The van der Waals surface area contributed by atoms with Crippen molar-refractivity contribution in [2.45, 2.75) is 0 Å². The Morgan fingerprint density at radius 1 is 1.43 bits per heavy atom. The van der Waals surface area contributed by atoms with Crippen molar-refractivity contribution < 1.29 is 14.8 Å². The van der Waals surface area contributed by atoms with Crippen LogP contribution in [0.4, 0.5) is 17.1 Å². The summed E-state index contributed by atoms with van der Waals surface area (Å²) < 4.78 is 0.398. The van der Waals surface area contributed by atoms with E-state index in [-0.39, 0.29) is 22.0 Å². The summed E-state index contributed by atoms with van der Waals surface area (Å²) in [5, 5.41) is 22.7. The SMILES string of the molecule is O=C(O)c1ccc(Nc2c(Br)cncc2[N+](=O)[O-])cc1Cl. The number of aromatic carboxylic acids is 1. The van der Waals surface area contributed by atoms with E-state index in [2.05, 4.69) is 26.2 Å². The number of hydrogen-bond donors (Lipinski definition) is 2. The van der Waals surface area contributed by atoms with E-state index in [1.165, 1.54) is 24.4 Å². The summed E-state index contributed by atoms with van der Waals surface area (Å²) in [6.45, 7) is 0. The van der Waals surface area contributed by atoms with Gasteiger partial charge in [0.15, 0.2) is 0 Å². The van der Waals surface area contributed by atoms with Crippen molar-refractivity contribution in [3.63, 3.8) is 0 Å². The minimum Gasteiger partial charge on any atom is -0.478 e. The standard InChI is InChI=1S/C12H7BrClN3O4/c13-8-4-15-5-10(17(20)21)11(8)16-6-1-2-7(12(18)19)9(14)3-6/h1-5H,(H,15,16)(H,18,19). The van der Waals surface area contributed by atoms with Gasteiger partial charge in [0, 0.05) is 11.9 Å². The van der Waals surface area contributed by atoms with Crippen LogP contribution in [0, 0.1) is 10.1 Å². The summed E-state index contributed by atoms with van der Waals surface area (Å²) in [7, 11) is 0. The van der Waals surface area contributed by atoms with E-state index >= 15 is 0 Å². The number of carboxylic acid groups (broad SMARTS) is 1. The number of carbonyl (C=O) groups is 1. The third-order valence-electron chi connectivity index (χ3n) is 2.55. The van der Waals surface area contributed by atoms with Crippen LogP contribution in [0.3, 0.4) is 0 Å². The second kappa shape index (κ2) is 6.06. The summed E-state index contributed by atoms with van der Waals surface area (Å²) >= 11 is 9.03. The van der Waals surface area contributed by atoms with E-state index in [1.807, 2.05) is 0 Å². The van der Waals surface area contributed by atoms with Crippen LogP contribution in [-0.4, -0.2) is 21.0 Å². The van der Waals surface area contributed by atoms with Crippen molar-refractivity contribution in [2.24, 2.45) is 0 Å². The van der Waals surface area contributed by atoms with Crippen LogP contribution in [0.25, 0.3) is 0 Å². The second-order valence-electron chi connectivity index (χ2n) is 3.90. The van der Waals surface area contributed by atoms with Gasteiger partial charge in [0.25, 0.3) is 0 Å². The maximum atomic E-state index is 11.0. The van der Waals surface area contributed by atoms with Gasteiger partial charge in [0.1, 0.15) is 11.9 Å². The zero-order chi connectivity index (χ0) is 15.6. The number of nitro groups is 1. The van der Waals surface area contributed by atoms with E-state index in [1.54, 1.807) is 0 Å². The molecule has 108 valence electrons. The number of rotatable bonds is 4. The molecule has 9 heteroatoms. The van der Waals surface area contributed by atoms with Gasteiger partial charge < -0.3 is 10.4 Å². The Hall–Kier alpha value is -2.19. The first-order valence-electron chi connectivity index (χ1n) is 5.48. The number of pyridine rings is 1. The first-order valence-corrected chi connectivity index (χ1v) is 6.65. The molecule has 0 atom stereocenters. The van der Waals surface area contributed by atoms with Crippen molar-refractivity contribution in [3.05, 3.63) is 55.8 Å². The predicted octanol–water partition coefficient (Wildman–Crippen LogP) is 3.85. The number of halogens is 2. The van der Waals surface area contributed by atoms with Gasteiger partial charge in [-0.1, -0.05) is 11.6 Å². The first kappa shape index (κ1) is 15.2. The monoisotopic (exact) mass is 371 g/mol. The fraction of sp³-hybridized carbons (Fsp3) is 0. The molecule has 0 amide bonds. The lowest BCUT2D eigenvalue weighted by atomic mass is 10.2. The first-order chi connectivity index (χ1) is 9.90. The lowest BCUT2D eigenvalue weighted by Crippen LogP contribution is -2.01. The number of nitrogens with zero attached hydrogens (tertiary/aromatic N) is 2. The Balaban J connectivity index is 2.41. The molecule has 2 rings (SSSR count). The summed E-state index contributed by atoms with van der Waals surface area (Å²) in [4.78, 5) is 25.0. The molecule has 2 N–H and O–H groups in total. The van der Waals surface area contributed by atoms with Crippen molar-refractivity contribution in [1.29, 1.82) is 0 Å². The van der Waals surface area contributed by atoms with Crippen LogP contribution in [0.5, 0.6) is 0 Å². The molecule has 0 saturated heterocycles. The van der Waals surface area contributed by atoms with Crippen LogP contribution < -0.4 is 5.32 Å². The van der Waals surface area contributed by atoms with Gasteiger partial charge in [0.2, 0.25) is 0 Å². The number of anilines is 2. The fourth-order valence-electron chi connectivity index (χ4n) is 1.60. The van der Waals surface area contributed by atoms with Crippen LogP contribution in [0.15, 0.2) is 35.1 Å². The van der Waals surface area contributed by atoms with Crippen molar-refractivity contribution in [2.75, 3.05) is 5.32 Å². The zero-order valence-corrected chi connectivity index (χ0v) is 12.6. The van der Waals surface area contributed by atoms with Crippen LogP contribution in [0.2, 0.25) is 5.02 Å². The molecule has 2 aromatic rings. The molecule has 0 saturated carbocycles. The van der Waals surface area contributed by atoms with Gasteiger partial charge in [-0.3, -0.25) is 15.1 Å². The van der Waals surface area contributed by atoms with E-state index in [9.17, 15) is 14.9 Å². The van der Waals surface area contributed by atoms with Gasteiger partial charge >= 0.3 is 11.7 Å². The van der Waals surface area contributed by atoms with Gasteiger partial charge in [-0.15, -0.1) is 0 Å². The van der Waals surface area contributed by atoms with Crippen LogP contribution in [0.1, 0.15) is 10.4 Å². The molecule has 1 aromatic heterocycles. The summed E-state index contributed by atoms with van der Waals surface area (Å²) in [6.07, 6.45) is 2.52. The summed E-state index contributed by atoms with van der Waals surface area (Å²) in [5.74, 6) is -1.15. The van der Waals surface area contributed by atoms with E-state index in [0.717, 1.165) is 6.20 Å². The third kappa shape index (κ3) is 3.29. The molecule has 0 bridgehead atoms. The Labute approximate surface area is 131 Å². The Bertz CT molecular complexity index is 738. The molecule has 7 nitrogen and oxygen atoms in total.